The monoisotopic (exact) mass is 735 g/mol. The van der Waals surface area contributed by atoms with Gasteiger partial charge in [-0.25, -0.2) is 4.98 Å². The topological polar surface area (TPSA) is 70.3 Å². The van der Waals surface area contributed by atoms with Crippen LogP contribution in [-0.2, 0) is 15.7 Å². The molecular formula is C47H35BClN3O3. The van der Waals surface area contributed by atoms with Crippen LogP contribution in [0.3, 0.4) is 0 Å². The third kappa shape index (κ3) is 5.96. The molecule has 9 aromatic rings. The van der Waals surface area contributed by atoms with Crippen molar-refractivity contribution in [2.45, 2.75) is 38.4 Å². The van der Waals surface area contributed by atoms with Gasteiger partial charge in [-0.1, -0.05) is 121 Å². The van der Waals surface area contributed by atoms with E-state index in [1.54, 1.807) is 0 Å². The Morgan fingerprint density at radius 3 is 2.16 bits per heavy atom. The van der Waals surface area contributed by atoms with Crippen LogP contribution in [0.5, 0.6) is 0 Å². The Labute approximate surface area is 323 Å². The van der Waals surface area contributed by atoms with Gasteiger partial charge in [-0.2, -0.15) is 9.97 Å². The van der Waals surface area contributed by atoms with Gasteiger partial charge in [0.1, 0.15) is 11.2 Å². The van der Waals surface area contributed by atoms with Gasteiger partial charge in [-0.3, -0.25) is 0 Å². The zero-order valence-electron chi connectivity index (χ0n) is 30.6. The first kappa shape index (κ1) is 33.7. The lowest BCUT2D eigenvalue weighted by Crippen LogP contribution is -2.46. The minimum Gasteiger partial charge on any atom is -0.456 e. The summed E-state index contributed by atoms with van der Waals surface area (Å²) < 4.78 is 19.6. The minimum atomic E-state index is -0.593. The number of hydrogen-bond donors (Lipinski definition) is 0. The molecule has 0 saturated carbocycles. The van der Waals surface area contributed by atoms with Crippen molar-refractivity contribution < 1.29 is 13.7 Å². The first-order chi connectivity index (χ1) is 26.7. The highest BCUT2D eigenvalue weighted by atomic mass is 35.5. The van der Waals surface area contributed by atoms with Crippen LogP contribution >= 0.6 is 11.6 Å². The quantitative estimate of drug-likeness (QED) is 0.158. The van der Waals surface area contributed by atoms with E-state index < -0.39 is 18.3 Å². The van der Waals surface area contributed by atoms with Crippen LogP contribution in [0.2, 0.25) is 5.28 Å². The fourth-order valence-electron chi connectivity index (χ4n) is 7.90. The molecule has 0 spiro atoms. The molecule has 8 heteroatoms. The lowest BCUT2D eigenvalue weighted by Gasteiger charge is -2.36. The number of furan rings is 1. The van der Waals surface area contributed by atoms with E-state index in [1.165, 1.54) is 16.5 Å². The molecule has 1 fully saturated rings. The Kier molecular flexibility index (Phi) is 7.89. The predicted molar refractivity (Wildman–Crippen MR) is 224 cm³/mol. The summed E-state index contributed by atoms with van der Waals surface area (Å²) in [6.45, 7) is 6.39. The van der Waals surface area contributed by atoms with Gasteiger partial charge >= 0.3 is 7.12 Å². The van der Waals surface area contributed by atoms with E-state index in [-0.39, 0.29) is 5.28 Å². The molecule has 0 N–H and O–H groups in total. The van der Waals surface area contributed by atoms with E-state index in [1.807, 2.05) is 54.6 Å². The summed E-state index contributed by atoms with van der Waals surface area (Å²) in [6, 6.07) is 50.2. The molecule has 2 aromatic heterocycles. The average molecular weight is 736 g/mol. The van der Waals surface area contributed by atoms with Crippen LogP contribution in [0.25, 0.3) is 77.4 Å². The largest absolute Gasteiger partial charge is 0.494 e. The molecule has 7 aromatic carbocycles. The van der Waals surface area contributed by atoms with Crippen LogP contribution in [-0.4, -0.2) is 33.3 Å². The third-order valence-corrected chi connectivity index (χ3v) is 11.4. The highest BCUT2D eigenvalue weighted by Gasteiger charge is 2.54. The van der Waals surface area contributed by atoms with E-state index in [4.69, 9.17) is 30.3 Å². The first-order valence-electron chi connectivity index (χ1n) is 18.5. The maximum absolute atomic E-state index is 6.85. The second kappa shape index (κ2) is 12.9. The highest BCUT2D eigenvalue weighted by Crippen LogP contribution is 2.41. The fourth-order valence-corrected chi connectivity index (χ4v) is 8.06. The van der Waals surface area contributed by atoms with Crippen molar-refractivity contribution in [3.8, 4) is 33.9 Å². The maximum Gasteiger partial charge on any atom is 0.494 e. The number of nitrogens with zero attached hydrogens (tertiary/aromatic N) is 3. The van der Waals surface area contributed by atoms with E-state index in [2.05, 4.69) is 122 Å². The molecule has 10 rings (SSSR count). The molecule has 1 atom stereocenters. The van der Waals surface area contributed by atoms with Crippen LogP contribution in [0.1, 0.15) is 26.3 Å². The normalized spacial score (nSPS) is 16.8. The molecule has 0 aliphatic carbocycles. The van der Waals surface area contributed by atoms with Crippen molar-refractivity contribution in [3.05, 3.63) is 156 Å². The first-order valence-corrected chi connectivity index (χ1v) is 18.9. The van der Waals surface area contributed by atoms with Gasteiger partial charge in [0.25, 0.3) is 0 Å². The molecule has 0 radical (unpaired) electrons. The zero-order chi connectivity index (χ0) is 37.3. The standard InChI is InChI=1S/C47H35BClN3O3/c1-46(2)47(3,55-48(54-46)37-23-22-33-25-32(19-20-34(33)27-37)30-10-5-4-6-11-30)28-29-16-17-31-18-21-35(26-36(31)24-29)43-50-44(52-45(49)51-43)39-13-9-15-41-42(39)38-12-7-8-14-40(38)53-41/h4-27H,28H2,1-3H3. The Morgan fingerprint density at radius 1 is 0.564 bits per heavy atom. The molecule has 3 heterocycles. The van der Waals surface area contributed by atoms with Gasteiger partial charge in [0.15, 0.2) is 11.6 Å². The highest BCUT2D eigenvalue weighted by molar-refractivity contribution is 6.62. The van der Waals surface area contributed by atoms with E-state index in [9.17, 15) is 0 Å². The zero-order valence-corrected chi connectivity index (χ0v) is 31.3. The van der Waals surface area contributed by atoms with Crippen molar-refractivity contribution in [2.75, 3.05) is 0 Å². The molecule has 0 amide bonds. The molecule has 1 aliphatic heterocycles. The summed E-state index contributed by atoms with van der Waals surface area (Å²) in [5, 5.41) is 6.59. The van der Waals surface area contributed by atoms with Crippen LogP contribution < -0.4 is 5.46 Å². The Hall–Kier alpha value is -5.86. The van der Waals surface area contributed by atoms with Crippen LogP contribution in [0, 0.1) is 0 Å². The molecular weight excluding hydrogens is 701 g/mol. The Morgan fingerprint density at radius 2 is 1.27 bits per heavy atom. The summed E-state index contributed by atoms with van der Waals surface area (Å²) >= 11 is 6.58. The van der Waals surface area contributed by atoms with Crippen molar-refractivity contribution in [3.63, 3.8) is 0 Å². The summed E-state index contributed by atoms with van der Waals surface area (Å²) in [7, 11) is -0.487. The second-order valence-electron chi connectivity index (χ2n) is 15.1. The third-order valence-electron chi connectivity index (χ3n) is 11.2. The number of rotatable bonds is 6. The summed E-state index contributed by atoms with van der Waals surface area (Å²) in [5.41, 5.74) is 6.67. The number of fused-ring (bicyclic) bond motifs is 5. The summed E-state index contributed by atoms with van der Waals surface area (Å²) in [6.07, 6.45) is 0.662. The van der Waals surface area contributed by atoms with Crippen molar-refractivity contribution in [1.82, 2.24) is 15.0 Å². The van der Waals surface area contributed by atoms with Crippen LogP contribution in [0.4, 0.5) is 0 Å². The molecule has 6 nitrogen and oxygen atoms in total. The maximum atomic E-state index is 6.85. The van der Waals surface area contributed by atoms with E-state index >= 15 is 0 Å². The van der Waals surface area contributed by atoms with Gasteiger partial charge in [0, 0.05) is 28.3 Å². The number of halogens is 1. The van der Waals surface area contributed by atoms with E-state index in [0.29, 0.717) is 18.1 Å². The van der Waals surface area contributed by atoms with Gasteiger partial charge in [-0.15, -0.1) is 0 Å². The van der Waals surface area contributed by atoms with Crippen molar-refractivity contribution in [1.29, 1.82) is 0 Å². The lowest BCUT2D eigenvalue weighted by atomic mass is 9.78. The molecule has 0 bridgehead atoms. The second-order valence-corrected chi connectivity index (χ2v) is 15.4. The number of para-hydroxylation sites is 1. The lowest BCUT2D eigenvalue weighted by molar-refractivity contribution is -0.00875. The van der Waals surface area contributed by atoms with Crippen molar-refractivity contribution >= 4 is 67.7 Å². The van der Waals surface area contributed by atoms with Crippen molar-refractivity contribution in [2.24, 2.45) is 0 Å². The predicted octanol–water partition coefficient (Wildman–Crippen LogP) is 11.3. The molecule has 1 unspecified atom stereocenters. The molecule has 55 heavy (non-hydrogen) atoms. The van der Waals surface area contributed by atoms with Gasteiger partial charge in [0.2, 0.25) is 5.28 Å². The molecule has 1 aliphatic rings. The minimum absolute atomic E-state index is 0.130. The van der Waals surface area contributed by atoms with E-state index in [0.717, 1.165) is 60.3 Å². The van der Waals surface area contributed by atoms with Crippen LogP contribution in [0.15, 0.2) is 150 Å². The van der Waals surface area contributed by atoms with Gasteiger partial charge < -0.3 is 13.7 Å². The summed E-state index contributed by atoms with van der Waals surface area (Å²) in [5.74, 6) is 0.995. The SMILES string of the molecule is CC1(C)OB(c2ccc3cc(-c4ccccc4)ccc3c2)OC1(C)Cc1ccc2ccc(-c3nc(Cl)nc(-c4cccc5oc6ccccc6c45)n3)cc2c1. The number of hydrogen-bond acceptors (Lipinski definition) is 6. The van der Waals surface area contributed by atoms with Gasteiger partial charge in [0.05, 0.1) is 11.2 Å². The molecule has 266 valence electrons. The number of aromatic nitrogens is 3. The van der Waals surface area contributed by atoms with Gasteiger partial charge in [-0.05, 0) is 100 Å². The average Bonchev–Trinajstić information content (AvgIpc) is 3.70. The Balaban J connectivity index is 0.936. The number of benzene rings is 7. The smallest absolute Gasteiger partial charge is 0.456 e. The summed E-state index contributed by atoms with van der Waals surface area (Å²) in [4.78, 5) is 14.1. The molecule has 1 saturated heterocycles. The fraction of sp³-hybridized carbons (Fsp3) is 0.128. The Bertz CT molecular complexity index is 2950.